The molecule has 0 aliphatic rings. The highest BCUT2D eigenvalue weighted by Crippen LogP contribution is 2.28. The Hall–Kier alpha value is -0.860. The molecule has 0 unspecified atom stereocenters. The minimum Gasteiger partial charge on any atom is -0.284 e. The first-order valence-corrected chi connectivity index (χ1v) is 7.00. The number of aromatic nitrogens is 2. The Morgan fingerprint density at radius 3 is 2.87 bits per heavy atom. The molecule has 0 atom stereocenters. The number of H-pyrrole nitrogens is 1. The van der Waals surface area contributed by atoms with Crippen molar-refractivity contribution >= 4 is 43.0 Å². The van der Waals surface area contributed by atoms with Gasteiger partial charge in [-0.2, -0.15) is 5.10 Å². The predicted molar refractivity (Wildman–Crippen MR) is 61.4 cm³/mol. The number of halogens is 1. The van der Waals surface area contributed by atoms with Crippen LogP contribution in [-0.4, -0.2) is 18.6 Å². The summed E-state index contributed by atoms with van der Waals surface area (Å²) in [6.07, 6.45) is 2.87. The van der Waals surface area contributed by atoms with Gasteiger partial charge in [0.05, 0.1) is 11.9 Å². The molecular formula is C7H6BrN3O2S2. The zero-order chi connectivity index (χ0) is 10.9. The van der Waals surface area contributed by atoms with E-state index in [2.05, 4.69) is 30.8 Å². The van der Waals surface area contributed by atoms with E-state index in [1.54, 1.807) is 11.4 Å². The summed E-state index contributed by atoms with van der Waals surface area (Å²) < 4.78 is 26.8. The lowest BCUT2D eigenvalue weighted by Crippen LogP contribution is -2.11. The van der Waals surface area contributed by atoms with E-state index >= 15 is 0 Å². The van der Waals surface area contributed by atoms with Gasteiger partial charge >= 0.3 is 0 Å². The number of hydrogen-bond acceptors (Lipinski definition) is 4. The van der Waals surface area contributed by atoms with Gasteiger partial charge in [0.15, 0.2) is 4.21 Å². The Morgan fingerprint density at radius 2 is 2.33 bits per heavy atom. The third-order valence-corrected chi connectivity index (χ3v) is 5.63. The predicted octanol–water partition coefficient (Wildman–Crippen LogP) is 2.03. The molecule has 0 aliphatic heterocycles. The van der Waals surface area contributed by atoms with E-state index < -0.39 is 10.0 Å². The minimum atomic E-state index is -3.51. The molecule has 0 aliphatic carbocycles. The van der Waals surface area contributed by atoms with Crippen LogP contribution >= 0.6 is 27.3 Å². The molecule has 0 radical (unpaired) electrons. The molecule has 5 nitrogen and oxygen atoms in total. The van der Waals surface area contributed by atoms with E-state index in [0.717, 1.165) is 11.3 Å². The number of thiophene rings is 1. The molecule has 2 N–H and O–H groups in total. The van der Waals surface area contributed by atoms with Gasteiger partial charge in [-0.3, -0.25) is 9.82 Å². The highest BCUT2D eigenvalue weighted by atomic mass is 79.9. The monoisotopic (exact) mass is 307 g/mol. The summed E-state index contributed by atoms with van der Waals surface area (Å²) >= 11 is 4.32. The van der Waals surface area contributed by atoms with Crippen molar-refractivity contribution in [2.75, 3.05) is 4.72 Å². The molecular weight excluding hydrogens is 302 g/mol. The molecule has 80 valence electrons. The Kier molecular flexibility index (Phi) is 2.81. The number of nitrogens with zero attached hydrogens (tertiary/aromatic N) is 1. The maximum Gasteiger partial charge on any atom is 0.272 e. The third-order valence-electron chi connectivity index (χ3n) is 1.58. The molecule has 0 amide bonds. The van der Waals surface area contributed by atoms with Gasteiger partial charge in [-0.1, -0.05) is 0 Å². The fraction of sp³-hybridized carbons (Fsp3) is 0. The summed E-state index contributed by atoms with van der Waals surface area (Å²) in [7, 11) is -3.51. The summed E-state index contributed by atoms with van der Waals surface area (Å²) in [4.78, 5) is 0. The molecule has 0 saturated carbocycles. The van der Waals surface area contributed by atoms with Crippen molar-refractivity contribution in [2.45, 2.75) is 4.21 Å². The van der Waals surface area contributed by atoms with Crippen LogP contribution in [0.2, 0.25) is 0 Å². The molecule has 0 bridgehead atoms. The molecule has 0 spiro atoms. The molecule has 2 aromatic heterocycles. The van der Waals surface area contributed by atoms with Crippen molar-refractivity contribution in [1.29, 1.82) is 0 Å². The molecule has 0 fully saturated rings. The van der Waals surface area contributed by atoms with E-state index in [1.165, 1.54) is 12.4 Å². The number of sulfonamides is 1. The first kappa shape index (κ1) is 10.7. The first-order valence-electron chi connectivity index (χ1n) is 3.84. The lowest BCUT2D eigenvalue weighted by atomic mass is 10.6. The summed E-state index contributed by atoms with van der Waals surface area (Å²) in [6, 6.07) is 1.69. The summed E-state index contributed by atoms with van der Waals surface area (Å²) in [5.74, 6) is 0. The topological polar surface area (TPSA) is 74.8 Å². The van der Waals surface area contributed by atoms with Crippen LogP contribution in [0, 0.1) is 0 Å². The lowest BCUT2D eigenvalue weighted by Gasteiger charge is -2.03. The largest absolute Gasteiger partial charge is 0.284 e. The fourth-order valence-corrected chi connectivity index (χ4v) is 4.35. The normalized spacial score (nSPS) is 11.5. The lowest BCUT2D eigenvalue weighted by molar-refractivity contribution is 0.603. The molecule has 8 heteroatoms. The average molecular weight is 308 g/mol. The Balaban J connectivity index is 2.33. The van der Waals surface area contributed by atoms with Crippen molar-refractivity contribution in [3.63, 3.8) is 0 Å². The number of aromatic amines is 1. The fourth-order valence-electron chi connectivity index (χ4n) is 0.980. The zero-order valence-electron chi connectivity index (χ0n) is 7.27. The van der Waals surface area contributed by atoms with Gasteiger partial charge in [0.25, 0.3) is 10.0 Å². The van der Waals surface area contributed by atoms with Crippen LogP contribution in [-0.2, 0) is 10.0 Å². The van der Waals surface area contributed by atoms with E-state index in [-0.39, 0.29) is 4.21 Å². The summed E-state index contributed by atoms with van der Waals surface area (Å²) in [5, 5.41) is 7.88. The van der Waals surface area contributed by atoms with Crippen molar-refractivity contribution < 1.29 is 8.42 Å². The van der Waals surface area contributed by atoms with Crippen LogP contribution in [0.15, 0.2) is 32.5 Å². The van der Waals surface area contributed by atoms with Crippen LogP contribution in [0.4, 0.5) is 5.69 Å². The van der Waals surface area contributed by atoms with E-state index in [9.17, 15) is 8.42 Å². The second-order valence-corrected chi connectivity index (χ2v) is 6.30. The van der Waals surface area contributed by atoms with Crippen LogP contribution in [0.5, 0.6) is 0 Å². The van der Waals surface area contributed by atoms with Gasteiger partial charge in [0.1, 0.15) is 0 Å². The maximum atomic E-state index is 11.8. The first-order chi connectivity index (χ1) is 7.09. The molecule has 15 heavy (non-hydrogen) atoms. The molecule has 2 rings (SSSR count). The van der Waals surface area contributed by atoms with Gasteiger partial charge < -0.3 is 0 Å². The average Bonchev–Trinajstić information content (AvgIpc) is 2.75. The number of hydrogen-bond donors (Lipinski definition) is 2. The van der Waals surface area contributed by atoms with Crippen molar-refractivity contribution in [1.82, 2.24) is 10.2 Å². The van der Waals surface area contributed by atoms with Crippen LogP contribution in [0.1, 0.15) is 0 Å². The van der Waals surface area contributed by atoms with Crippen molar-refractivity contribution in [2.24, 2.45) is 0 Å². The van der Waals surface area contributed by atoms with Crippen LogP contribution in [0.3, 0.4) is 0 Å². The third kappa shape index (κ3) is 2.21. The summed E-state index contributed by atoms with van der Waals surface area (Å²) in [5.41, 5.74) is 0.412. The minimum absolute atomic E-state index is 0.253. The summed E-state index contributed by atoms with van der Waals surface area (Å²) in [6.45, 7) is 0. The maximum absolute atomic E-state index is 11.8. The highest BCUT2D eigenvalue weighted by molar-refractivity contribution is 9.10. The Labute approximate surface area is 98.7 Å². The van der Waals surface area contributed by atoms with Gasteiger partial charge in [-0.25, -0.2) is 8.42 Å². The number of anilines is 1. The van der Waals surface area contributed by atoms with Gasteiger partial charge in [0.2, 0.25) is 0 Å². The number of nitrogens with one attached hydrogen (secondary N) is 2. The Morgan fingerprint density at radius 1 is 1.53 bits per heavy atom. The highest BCUT2D eigenvalue weighted by Gasteiger charge is 2.19. The molecule has 2 aromatic rings. The van der Waals surface area contributed by atoms with Crippen molar-refractivity contribution in [3.05, 3.63) is 28.3 Å². The number of rotatable bonds is 3. The second kappa shape index (κ2) is 3.95. The van der Waals surface area contributed by atoms with Crippen LogP contribution in [0.25, 0.3) is 0 Å². The van der Waals surface area contributed by atoms with E-state index in [1.807, 2.05) is 0 Å². The van der Waals surface area contributed by atoms with E-state index in [4.69, 9.17) is 0 Å². The van der Waals surface area contributed by atoms with Gasteiger partial charge in [0, 0.05) is 10.7 Å². The van der Waals surface area contributed by atoms with Gasteiger partial charge in [-0.15, -0.1) is 11.3 Å². The quantitative estimate of drug-likeness (QED) is 0.911. The van der Waals surface area contributed by atoms with Crippen molar-refractivity contribution in [3.8, 4) is 0 Å². The SMILES string of the molecule is O=S(=O)(Nc1cn[nH]c1)c1sccc1Br. The van der Waals surface area contributed by atoms with Crippen LogP contribution < -0.4 is 4.72 Å². The smallest absolute Gasteiger partial charge is 0.272 e. The Bertz CT molecular complexity index is 547. The molecule has 2 heterocycles. The standard InChI is InChI=1S/C7H6BrN3O2S2/c8-6-1-2-14-7(6)15(12,13)11-5-3-9-10-4-5/h1-4,11H,(H,9,10). The molecule has 0 saturated heterocycles. The zero-order valence-corrected chi connectivity index (χ0v) is 10.5. The van der Waals surface area contributed by atoms with Gasteiger partial charge in [-0.05, 0) is 27.4 Å². The molecule has 0 aromatic carbocycles. The second-order valence-electron chi connectivity index (χ2n) is 2.65. The van der Waals surface area contributed by atoms with E-state index in [0.29, 0.717) is 10.2 Å².